The summed E-state index contributed by atoms with van der Waals surface area (Å²) in [5.41, 5.74) is 0. The fraction of sp³-hybridized carbons (Fsp3) is 0.636. The molecule has 0 aromatic carbocycles. The average Bonchev–Trinajstić information content (AvgIpc) is 2.15. The summed E-state index contributed by atoms with van der Waals surface area (Å²) in [6, 6.07) is 0.336. The molecule has 1 atom stereocenters. The summed E-state index contributed by atoms with van der Waals surface area (Å²) in [5.74, 6) is 1.25. The third-order valence-corrected chi connectivity index (χ3v) is 2.49. The van der Waals surface area contributed by atoms with E-state index < -0.39 is 0 Å². The van der Waals surface area contributed by atoms with Crippen LogP contribution in [0.3, 0.4) is 0 Å². The standard InChI is InChI=1S/C11H19ClN4/c1-8(2)9(7-16(3)4)14-11-6-13-5-10(12)15-11/h5-6,8-9H,7H2,1-4H3,(H,14,15). The zero-order valence-electron chi connectivity index (χ0n) is 10.2. The van der Waals surface area contributed by atoms with Gasteiger partial charge in [-0.2, -0.15) is 0 Å². The summed E-state index contributed by atoms with van der Waals surface area (Å²) in [6.07, 6.45) is 3.22. The Balaban J connectivity index is 2.68. The number of nitrogens with one attached hydrogen (secondary N) is 1. The second-order valence-corrected chi connectivity index (χ2v) is 4.87. The van der Waals surface area contributed by atoms with Crippen molar-refractivity contribution in [2.24, 2.45) is 5.92 Å². The predicted octanol–water partition coefficient (Wildman–Crippen LogP) is 2.13. The zero-order chi connectivity index (χ0) is 12.1. The number of likely N-dealkylation sites (N-methyl/N-ethyl adjacent to an activating group) is 1. The highest BCUT2D eigenvalue weighted by Crippen LogP contribution is 2.12. The highest BCUT2D eigenvalue weighted by Gasteiger charge is 2.14. The predicted molar refractivity (Wildman–Crippen MR) is 67.8 cm³/mol. The molecular weight excluding hydrogens is 224 g/mol. The lowest BCUT2D eigenvalue weighted by atomic mass is 10.0. The Morgan fingerprint density at radius 2 is 2.06 bits per heavy atom. The van der Waals surface area contributed by atoms with Gasteiger partial charge in [-0.15, -0.1) is 0 Å². The minimum Gasteiger partial charge on any atom is -0.364 e. The molecule has 1 unspecified atom stereocenters. The van der Waals surface area contributed by atoms with Crippen LogP contribution in [0, 0.1) is 5.92 Å². The molecule has 0 spiro atoms. The molecule has 90 valence electrons. The van der Waals surface area contributed by atoms with Crippen molar-refractivity contribution in [2.75, 3.05) is 26.0 Å². The molecule has 1 heterocycles. The van der Waals surface area contributed by atoms with E-state index in [0.29, 0.717) is 17.1 Å². The molecular formula is C11H19ClN4. The van der Waals surface area contributed by atoms with Crippen LogP contribution in [0.1, 0.15) is 13.8 Å². The van der Waals surface area contributed by atoms with Crippen LogP contribution in [0.15, 0.2) is 12.4 Å². The van der Waals surface area contributed by atoms with Gasteiger partial charge in [0.25, 0.3) is 0 Å². The molecule has 1 aromatic rings. The molecule has 16 heavy (non-hydrogen) atoms. The van der Waals surface area contributed by atoms with E-state index >= 15 is 0 Å². The minimum absolute atomic E-state index is 0.336. The van der Waals surface area contributed by atoms with E-state index in [1.807, 2.05) is 0 Å². The fourth-order valence-electron chi connectivity index (χ4n) is 1.42. The van der Waals surface area contributed by atoms with Crippen molar-refractivity contribution in [3.8, 4) is 0 Å². The summed E-state index contributed by atoms with van der Waals surface area (Å²) >= 11 is 5.79. The Bertz CT molecular complexity index is 328. The SMILES string of the molecule is CC(C)C(CN(C)C)Nc1cncc(Cl)n1. The van der Waals surface area contributed by atoms with Gasteiger partial charge in [0.15, 0.2) is 0 Å². The van der Waals surface area contributed by atoms with E-state index in [0.717, 1.165) is 12.4 Å². The van der Waals surface area contributed by atoms with E-state index in [-0.39, 0.29) is 0 Å². The highest BCUT2D eigenvalue weighted by atomic mass is 35.5. The van der Waals surface area contributed by atoms with Crippen LogP contribution in [0.2, 0.25) is 5.15 Å². The van der Waals surface area contributed by atoms with Gasteiger partial charge in [-0.05, 0) is 20.0 Å². The van der Waals surface area contributed by atoms with Crippen LogP contribution in [0.25, 0.3) is 0 Å². The molecule has 0 radical (unpaired) electrons. The Kier molecular flexibility index (Phi) is 4.96. The van der Waals surface area contributed by atoms with Crippen molar-refractivity contribution in [3.63, 3.8) is 0 Å². The highest BCUT2D eigenvalue weighted by molar-refractivity contribution is 6.29. The minimum atomic E-state index is 0.336. The number of rotatable bonds is 5. The van der Waals surface area contributed by atoms with Gasteiger partial charge in [-0.25, -0.2) is 4.98 Å². The lowest BCUT2D eigenvalue weighted by molar-refractivity contribution is 0.344. The van der Waals surface area contributed by atoms with Gasteiger partial charge in [-0.3, -0.25) is 4.98 Å². The number of hydrogen-bond donors (Lipinski definition) is 1. The average molecular weight is 243 g/mol. The van der Waals surface area contributed by atoms with Crippen LogP contribution >= 0.6 is 11.6 Å². The van der Waals surface area contributed by atoms with E-state index in [9.17, 15) is 0 Å². The lowest BCUT2D eigenvalue weighted by Gasteiger charge is -2.25. The molecule has 4 nitrogen and oxygen atoms in total. The van der Waals surface area contributed by atoms with Crippen LogP contribution in [0.4, 0.5) is 5.82 Å². The number of hydrogen-bond acceptors (Lipinski definition) is 4. The first-order valence-corrected chi connectivity index (χ1v) is 5.75. The maximum atomic E-state index is 5.79. The van der Waals surface area contributed by atoms with E-state index in [1.165, 1.54) is 6.20 Å². The molecule has 5 heteroatoms. The van der Waals surface area contributed by atoms with Crippen LogP contribution in [-0.4, -0.2) is 41.5 Å². The number of aromatic nitrogens is 2. The molecule has 0 saturated carbocycles. The number of halogens is 1. The smallest absolute Gasteiger partial charge is 0.149 e. The summed E-state index contributed by atoms with van der Waals surface area (Å²) in [6.45, 7) is 5.31. The molecule has 1 N–H and O–H groups in total. The Hall–Kier alpha value is -0.870. The first kappa shape index (κ1) is 13.2. The van der Waals surface area contributed by atoms with Crippen LogP contribution < -0.4 is 5.32 Å². The van der Waals surface area contributed by atoms with Crippen molar-refractivity contribution in [1.82, 2.24) is 14.9 Å². The van der Waals surface area contributed by atoms with Crippen molar-refractivity contribution < 1.29 is 0 Å². The second kappa shape index (κ2) is 6.01. The molecule has 0 saturated heterocycles. The Morgan fingerprint density at radius 3 is 2.56 bits per heavy atom. The largest absolute Gasteiger partial charge is 0.364 e. The van der Waals surface area contributed by atoms with E-state index in [2.05, 4.69) is 48.1 Å². The third-order valence-electron chi connectivity index (χ3n) is 2.31. The quantitative estimate of drug-likeness (QED) is 0.859. The van der Waals surface area contributed by atoms with Crippen molar-refractivity contribution in [1.29, 1.82) is 0 Å². The molecule has 0 fully saturated rings. The second-order valence-electron chi connectivity index (χ2n) is 4.48. The van der Waals surface area contributed by atoms with Gasteiger partial charge in [0.1, 0.15) is 11.0 Å². The van der Waals surface area contributed by atoms with Gasteiger partial charge in [0.2, 0.25) is 0 Å². The number of nitrogens with zero attached hydrogens (tertiary/aromatic N) is 3. The Morgan fingerprint density at radius 1 is 1.38 bits per heavy atom. The van der Waals surface area contributed by atoms with Crippen LogP contribution in [-0.2, 0) is 0 Å². The van der Waals surface area contributed by atoms with Crippen molar-refractivity contribution >= 4 is 17.4 Å². The maximum absolute atomic E-state index is 5.79. The Labute approximate surface area is 102 Å². The summed E-state index contributed by atoms with van der Waals surface area (Å²) in [7, 11) is 4.11. The van der Waals surface area contributed by atoms with E-state index in [1.54, 1.807) is 6.20 Å². The topological polar surface area (TPSA) is 41.0 Å². The molecule has 0 amide bonds. The summed E-state index contributed by atoms with van der Waals surface area (Å²) in [4.78, 5) is 10.3. The molecule has 1 aromatic heterocycles. The van der Waals surface area contributed by atoms with Gasteiger partial charge >= 0.3 is 0 Å². The van der Waals surface area contributed by atoms with Gasteiger partial charge < -0.3 is 10.2 Å². The first-order valence-electron chi connectivity index (χ1n) is 5.38. The van der Waals surface area contributed by atoms with Crippen LogP contribution in [0.5, 0.6) is 0 Å². The molecule has 0 aliphatic heterocycles. The molecule has 0 bridgehead atoms. The first-order chi connectivity index (χ1) is 7.49. The monoisotopic (exact) mass is 242 g/mol. The molecule has 1 rings (SSSR count). The van der Waals surface area contributed by atoms with Crippen molar-refractivity contribution in [2.45, 2.75) is 19.9 Å². The zero-order valence-corrected chi connectivity index (χ0v) is 11.0. The normalized spacial score (nSPS) is 13.2. The fourth-order valence-corrected chi connectivity index (χ4v) is 1.57. The van der Waals surface area contributed by atoms with Gasteiger partial charge in [-0.1, -0.05) is 25.4 Å². The lowest BCUT2D eigenvalue weighted by Crippen LogP contribution is -2.36. The molecule has 0 aliphatic carbocycles. The maximum Gasteiger partial charge on any atom is 0.149 e. The number of anilines is 1. The van der Waals surface area contributed by atoms with Gasteiger partial charge in [0, 0.05) is 12.6 Å². The van der Waals surface area contributed by atoms with Crippen molar-refractivity contribution in [3.05, 3.63) is 17.5 Å². The van der Waals surface area contributed by atoms with Gasteiger partial charge in [0.05, 0.1) is 12.4 Å². The third kappa shape index (κ3) is 4.33. The summed E-state index contributed by atoms with van der Waals surface area (Å²) < 4.78 is 0. The van der Waals surface area contributed by atoms with E-state index in [4.69, 9.17) is 11.6 Å². The summed E-state index contributed by atoms with van der Waals surface area (Å²) in [5, 5.41) is 3.77. The molecule has 0 aliphatic rings.